The quantitative estimate of drug-likeness (QED) is 0.706. The van der Waals surface area contributed by atoms with Crippen LogP contribution in [0.3, 0.4) is 0 Å². The molecule has 0 fully saturated rings. The van der Waals surface area contributed by atoms with Crippen LogP contribution < -0.4 is 14.8 Å². The summed E-state index contributed by atoms with van der Waals surface area (Å²) in [5.41, 5.74) is 1.67. The van der Waals surface area contributed by atoms with Crippen LogP contribution in [-0.2, 0) is 10.2 Å². The largest absolute Gasteiger partial charge is 0.313 e. The van der Waals surface area contributed by atoms with Crippen LogP contribution in [0.2, 0.25) is 0 Å². The molecule has 1 rings (SSSR count). The third-order valence-electron chi connectivity index (χ3n) is 2.64. The highest BCUT2D eigenvalue weighted by Gasteiger charge is 2.08. The van der Waals surface area contributed by atoms with Crippen LogP contribution in [-0.4, -0.2) is 22.0 Å². The topological polar surface area (TPSA) is 70.2 Å². The first-order valence-electron chi connectivity index (χ1n) is 6.03. The molecule has 5 nitrogen and oxygen atoms in total. The number of hydrogen-bond acceptors (Lipinski definition) is 3. The molecule has 0 radical (unpaired) electrons. The maximum Gasteiger partial charge on any atom is 0.299 e. The molecule has 0 aliphatic heterocycles. The summed E-state index contributed by atoms with van der Waals surface area (Å²) < 4.78 is 28.1. The van der Waals surface area contributed by atoms with Gasteiger partial charge in [0.15, 0.2) is 0 Å². The molecule has 1 aromatic carbocycles. The number of benzene rings is 1. The number of hydrogen-bond donors (Lipinski definition) is 3. The highest BCUT2D eigenvalue weighted by molar-refractivity contribution is 7.90. The van der Waals surface area contributed by atoms with Gasteiger partial charge in [-0.1, -0.05) is 19.1 Å². The summed E-state index contributed by atoms with van der Waals surface area (Å²) in [4.78, 5) is 0. The van der Waals surface area contributed by atoms with Gasteiger partial charge in [-0.2, -0.15) is 13.1 Å². The summed E-state index contributed by atoms with van der Waals surface area (Å²) in [6.45, 7) is 4.39. The fourth-order valence-electron chi connectivity index (χ4n) is 1.43. The fourth-order valence-corrected chi connectivity index (χ4v) is 2.43. The van der Waals surface area contributed by atoms with Crippen molar-refractivity contribution in [1.29, 1.82) is 0 Å². The SMILES string of the molecule is CCCNS(=O)(=O)Nc1ccc(C(C)NC)cc1. The summed E-state index contributed by atoms with van der Waals surface area (Å²) in [6.07, 6.45) is 0.763. The highest BCUT2D eigenvalue weighted by atomic mass is 32.2. The van der Waals surface area contributed by atoms with Gasteiger partial charge in [0, 0.05) is 18.3 Å². The minimum Gasteiger partial charge on any atom is -0.313 e. The van der Waals surface area contributed by atoms with E-state index in [9.17, 15) is 8.42 Å². The molecule has 1 atom stereocenters. The Balaban J connectivity index is 2.69. The van der Waals surface area contributed by atoms with Crippen molar-refractivity contribution in [3.05, 3.63) is 29.8 Å². The van der Waals surface area contributed by atoms with Crippen molar-refractivity contribution in [1.82, 2.24) is 10.0 Å². The fraction of sp³-hybridized carbons (Fsp3) is 0.500. The molecule has 0 saturated carbocycles. The molecule has 3 N–H and O–H groups in total. The zero-order chi connectivity index (χ0) is 13.6. The first-order chi connectivity index (χ1) is 8.48. The molecule has 0 heterocycles. The van der Waals surface area contributed by atoms with Gasteiger partial charge in [-0.25, -0.2) is 0 Å². The normalized spacial score (nSPS) is 13.3. The van der Waals surface area contributed by atoms with Gasteiger partial charge in [-0.3, -0.25) is 4.72 Å². The van der Waals surface area contributed by atoms with Gasteiger partial charge in [-0.05, 0) is 38.1 Å². The summed E-state index contributed by atoms with van der Waals surface area (Å²) in [5.74, 6) is 0. The second kappa shape index (κ2) is 6.72. The Morgan fingerprint density at radius 3 is 2.33 bits per heavy atom. The minimum atomic E-state index is -3.45. The third-order valence-corrected chi connectivity index (χ3v) is 3.73. The van der Waals surface area contributed by atoms with Crippen molar-refractivity contribution in [2.45, 2.75) is 26.3 Å². The van der Waals surface area contributed by atoms with Crippen LogP contribution in [0.4, 0.5) is 5.69 Å². The highest BCUT2D eigenvalue weighted by Crippen LogP contribution is 2.16. The maximum atomic E-state index is 11.6. The van der Waals surface area contributed by atoms with E-state index in [0.717, 1.165) is 12.0 Å². The third kappa shape index (κ3) is 4.64. The van der Waals surface area contributed by atoms with Crippen LogP contribution >= 0.6 is 0 Å². The lowest BCUT2D eigenvalue weighted by molar-refractivity contribution is 0.586. The van der Waals surface area contributed by atoms with E-state index in [1.165, 1.54) is 0 Å². The van der Waals surface area contributed by atoms with E-state index >= 15 is 0 Å². The number of anilines is 1. The molecule has 0 saturated heterocycles. The molecule has 0 spiro atoms. The Morgan fingerprint density at radius 2 is 1.83 bits per heavy atom. The molecule has 0 aromatic heterocycles. The summed E-state index contributed by atoms with van der Waals surface area (Å²) in [6, 6.07) is 7.56. The van der Waals surface area contributed by atoms with E-state index in [1.807, 2.05) is 33.0 Å². The van der Waals surface area contributed by atoms with Crippen LogP contribution in [0.5, 0.6) is 0 Å². The first kappa shape index (κ1) is 14.9. The van der Waals surface area contributed by atoms with E-state index in [1.54, 1.807) is 12.1 Å². The molecule has 0 amide bonds. The van der Waals surface area contributed by atoms with Crippen LogP contribution in [0.25, 0.3) is 0 Å². The van der Waals surface area contributed by atoms with Crippen molar-refractivity contribution in [3.63, 3.8) is 0 Å². The lowest BCUT2D eigenvalue weighted by Crippen LogP contribution is -2.30. The zero-order valence-corrected chi connectivity index (χ0v) is 11.8. The molecule has 1 aromatic rings. The molecule has 0 aliphatic carbocycles. The van der Waals surface area contributed by atoms with Gasteiger partial charge in [0.1, 0.15) is 0 Å². The monoisotopic (exact) mass is 271 g/mol. The van der Waals surface area contributed by atoms with Crippen LogP contribution in [0.1, 0.15) is 31.9 Å². The van der Waals surface area contributed by atoms with Crippen molar-refractivity contribution < 1.29 is 8.42 Å². The Bertz CT molecular complexity index is 457. The molecule has 102 valence electrons. The summed E-state index contributed by atoms with van der Waals surface area (Å²) >= 11 is 0. The van der Waals surface area contributed by atoms with Gasteiger partial charge in [0.25, 0.3) is 10.2 Å². The summed E-state index contributed by atoms with van der Waals surface area (Å²) in [5, 5.41) is 3.13. The minimum absolute atomic E-state index is 0.244. The standard InChI is InChI=1S/C12H21N3O2S/c1-4-9-14-18(16,17)15-12-7-5-11(6-8-12)10(2)13-3/h5-8,10,13-15H,4,9H2,1-3H3. The Labute approximate surface area is 109 Å². The van der Waals surface area contributed by atoms with Crippen molar-refractivity contribution in [3.8, 4) is 0 Å². The van der Waals surface area contributed by atoms with Crippen molar-refractivity contribution >= 4 is 15.9 Å². The molecule has 0 aliphatic rings. The van der Waals surface area contributed by atoms with Gasteiger partial charge in [0.05, 0.1) is 0 Å². The van der Waals surface area contributed by atoms with Gasteiger partial charge in [0.2, 0.25) is 0 Å². The van der Waals surface area contributed by atoms with E-state index in [2.05, 4.69) is 14.8 Å². The van der Waals surface area contributed by atoms with E-state index in [0.29, 0.717) is 12.2 Å². The Kier molecular flexibility index (Phi) is 5.58. The predicted molar refractivity (Wildman–Crippen MR) is 74.8 cm³/mol. The van der Waals surface area contributed by atoms with Crippen molar-refractivity contribution in [2.24, 2.45) is 0 Å². The van der Waals surface area contributed by atoms with Crippen molar-refractivity contribution in [2.75, 3.05) is 18.3 Å². The molecular formula is C12H21N3O2S. The lowest BCUT2D eigenvalue weighted by atomic mass is 10.1. The predicted octanol–water partition coefficient (Wildman–Crippen LogP) is 1.62. The maximum absolute atomic E-state index is 11.6. The number of nitrogens with one attached hydrogen (secondary N) is 3. The average Bonchev–Trinajstić information content (AvgIpc) is 2.36. The van der Waals surface area contributed by atoms with Crippen LogP contribution in [0, 0.1) is 0 Å². The van der Waals surface area contributed by atoms with Gasteiger partial charge in [-0.15, -0.1) is 0 Å². The molecule has 0 bridgehead atoms. The van der Waals surface area contributed by atoms with E-state index in [4.69, 9.17) is 0 Å². The molecule has 6 heteroatoms. The average molecular weight is 271 g/mol. The summed E-state index contributed by atoms with van der Waals surface area (Å²) in [7, 11) is -1.57. The van der Waals surface area contributed by atoms with Crippen LogP contribution in [0.15, 0.2) is 24.3 Å². The van der Waals surface area contributed by atoms with E-state index in [-0.39, 0.29) is 6.04 Å². The molecule has 18 heavy (non-hydrogen) atoms. The zero-order valence-electron chi connectivity index (χ0n) is 11.0. The second-order valence-electron chi connectivity index (χ2n) is 4.13. The molecule has 1 unspecified atom stereocenters. The second-order valence-corrected chi connectivity index (χ2v) is 5.63. The lowest BCUT2D eigenvalue weighted by Gasteiger charge is -2.12. The Hall–Kier alpha value is -1.11. The van der Waals surface area contributed by atoms with Gasteiger partial charge < -0.3 is 5.32 Å². The first-order valence-corrected chi connectivity index (χ1v) is 7.51. The Morgan fingerprint density at radius 1 is 1.22 bits per heavy atom. The van der Waals surface area contributed by atoms with E-state index < -0.39 is 10.2 Å². The van der Waals surface area contributed by atoms with Gasteiger partial charge >= 0.3 is 0 Å². The number of rotatable bonds is 7. The smallest absolute Gasteiger partial charge is 0.299 e. The molecular weight excluding hydrogens is 250 g/mol.